The Bertz CT molecular complexity index is 388. The molecule has 0 saturated heterocycles. The summed E-state index contributed by atoms with van der Waals surface area (Å²) in [5, 5.41) is 0. The lowest BCUT2D eigenvalue weighted by Gasteiger charge is -2.18. The van der Waals surface area contributed by atoms with Crippen LogP contribution in [0.25, 0.3) is 0 Å². The van der Waals surface area contributed by atoms with Crippen molar-refractivity contribution >= 4 is 0 Å². The lowest BCUT2D eigenvalue weighted by Crippen LogP contribution is -2.04. The van der Waals surface area contributed by atoms with Crippen molar-refractivity contribution in [3.05, 3.63) is 17.2 Å². The molecule has 0 aliphatic carbocycles. The second-order valence-electron chi connectivity index (χ2n) is 3.80. The average molecular weight is 254 g/mol. The summed E-state index contributed by atoms with van der Waals surface area (Å²) in [7, 11) is 3.26. The highest BCUT2D eigenvalue weighted by atomic mass is 16.5. The molecular formula is C14H22O4. The number of rotatable bonds is 7. The molecule has 0 spiro atoms. The maximum atomic E-state index is 5.60. The van der Waals surface area contributed by atoms with Crippen molar-refractivity contribution in [2.45, 2.75) is 27.4 Å². The van der Waals surface area contributed by atoms with Crippen molar-refractivity contribution in [3.63, 3.8) is 0 Å². The Morgan fingerprint density at radius 3 is 2.22 bits per heavy atom. The maximum absolute atomic E-state index is 5.60. The first-order chi connectivity index (χ1) is 8.69. The van der Waals surface area contributed by atoms with Crippen LogP contribution in [0.5, 0.6) is 17.2 Å². The van der Waals surface area contributed by atoms with Crippen LogP contribution in [0.1, 0.15) is 25.0 Å². The van der Waals surface area contributed by atoms with Crippen LogP contribution in [0.4, 0.5) is 0 Å². The summed E-state index contributed by atoms with van der Waals surface area (Å²) in [5.74, 6) is 2.04. The highest BCUT2D eigenvalue weighted by Gasteiger charge is 2.18. The summed E-state index contributed by atoms with van der Waals surface area (Å²) in [4.78, 5) is 0. The average Bonchev–Trinajstić information content (AvgIpc) is 2.38. The third-order valence-electron chi connectivity index (χ3n) is 2.73. The van der Waals surface area contributed by atoms with E-state index >= 15 is 0 Å². The number of ether oxygens (including phenoxy) is 4. The van der Waals surface area contributed by atoms with Gasteiger partial charge in [0, 0.05) is 12.2 Å². The molecule has 0 aliphatic rings. The summed E-state index contributed by atoms with van der Waals surface area (Å²) >= 11 is 0. The number of methoxy groups -OCH3 is 2. The number of hydrogen-bond acceptors (Lipinski definition) is 4. The van der Waals surface area contributed by atoms with Crippen molar-refractivity contribution in [2.24, 2.45) is 0 Å². The zero-order valence-electron chi connectivity index (χ0n) is 11.8. The van der Waals surface area contributed by atoms with E-state index in [9.17, 15) is 0 Å². The Labute approximate surface area is 109 Å². The van der Waals surface area contributed by atoms with Gasteiger partial charge in [0.1, 0.15) is 0 Å². The highest BCUT2D eigenvalue weighted by molar-refractivity contribution is 5.58. The fourth-order valence-corrected chi connectivity index (χ4v) is 1.80. The molecule has 0 bridgehead atoms. The molecule has 0 aromatic heterocycles. The first-order valence-electron chi connectivity index (χ1n) is 6.14. The van der Waals surface area contributed by atoms with Crippen molar-refractivity contribution in [3.8, 4) is 17.2 Å². The minimum atomic E-state index is 0.543. The summed E-state index contributed by atoms with van der Waals surface area (Å²) in [6, 6.07) is 1.94. The third-order valence-corrected chi connectivity index (χ3v) is 2.73. The molecule has 1 aromatic rings. The van der Waals surface area contributed by atoms with Crippen LogP contribution < -0.4 is 14.2 Å². The summed E-state index contributed by atoms with van der Waals surface area (Å²) in [6.45, 7) is 7.69. The Morgan fingerprint density at radius 2 is 1.72 bits per heavy atom. The van der Waals surface area contributed by atoms with E-state index in [1.165, 1.54) is 0 Å². The molecule has 1 aromatic carbocycles. The van der Waals surface area contributed by atoms with E-state index in [2.05, 4.69) is 0 Å². The first kappa shape index (κ1) is 14.6. The Balaban J connectivity index is 3.24. The molecule has 4 nitrogen and oxygen atoms in total. The molecule has 18 heavy (non-hydrogen) atoms. The topological polar surface area (TPSA) is 36.9 Å². The molecular weight excluding hydrogens is 232 g/mol. The van der Waals surface area contributed by atoms with Crippen molar-refractivity contribution in [2.75, 3.05) is 27.4 Å². The van der Waals surface area contributed by atoms with Gasteiger partial charge in [-0.1, -0.05) is 0 Å². The molecule has 0 saturated carbocycles. The molecule has 4 heteroatoms. The molecule has 0 atom stereocenters. The van der Waals surface area contributed by atoms with Crippen LogP contribution in [0.15, 0.2) is 6.07 Å². The zero-order valence-corrected chi connectivity index (χ0v) is 11.8. The molecule has 0 radical (unpaired) electrons. The highest BCUT2D eigenvalue weighted by Crippen LogP contribution is 2.42. The molecule has 0 N–H and O–H groups in total. The zero-order chi connectivity index (χ0) is 13.5. The molecule has 0 fully saturated rings. The van der Waals surface area contributed by atoms with Crippen molar-refractivity contribution < 1.29 is 18.9 Å². The molecule has 1 rings (SSSR count). The third kappa shape index (κ3) is 3.07. The molecule has 0 amide bonds. The summed E-state index contributed by atoms with van der Waals surface area (Å²) < 4.78 is 21.8. The second kappa shape index (κ2) is 7.11. The van der Waals surface area contributed by atoms with Gasteiger partial charge in [0.05, 0.1) is 27.4 Å². The van der Waals surface area contributed by atoms with Crippen LogP contribution in [-0.4, -0.2) is 27.4 Å². The van der Waals surface area contributed by atoms with E-state index < -0.39 is 0 Å². The normalized spacial score (nSPS) is 10.3. The van der Waals surface area contributed by atoms with Gasteiger partial charge >= 0.3 is 0 Å². The minimum Gasteiger partial charge on any atom is -0.493 e. The molecule has 0 unspecified atom stereocenters. The van der Waals surface area contributed by atoms with Crippen molar-refractivity contribution in [1.29, 1.82) is 0 Å². The Kier molecular flexibility index (Phi) is 5.78. The quantitative estimate of drug-likeness (QED) is 0.749. The fraction of sp³-hybridized carbons (Fsp3) is 0.571. The van der Waals surface area contributed by atoms with Crippen LogP contribution in [0.2, 0.25) is 0 Å². The monoisotopic (exact) mass is 254 g/mol. The van der Waals surface area contributed by atoms with Gasteiger partial charge in [0.15, 0.2) is 11.5 Å². The first-order valence-corrected chi connectivity index (χ1v) is 6.14. The fourth-order valence-electron chi connectivity index (χ4n) is 1.80. The minimum absolute atomic E-state index is 0.543. The number of hydrogen-bond donors (Lipinski definition) is 0. The van der Waals surface area contributed by atoms with Crippen molar-refractivity contribution in [1.82, 2.24) is 0 Å². The van der Waals surface area contributed by atoms with E-state index in [0.717, 1.165) is 11.1 Å². The Morgan fingerprint density at radius 1 is 1.00 bits per heavy atom. The van der Waals surface area contributed by atoms with Gasteiger partial charge in [0.25, 0.3) is 0 Å². The lowest BCUT2D eigenvalue weighted by molar-refractivity contribution is 0.133. The van der Waals surface area contributed by atoms with Gasteiger partial charge in [-0.3, -0.25) is 0 Å². The van der Waals surface area contributed by atoms with Gasteiger partial charge in [-0.05, 0) is 32.4 Å². The van der Waals surface area contributed by atoms with E-state index in [4.69, 9.17) is 18.9 Å². The van der Waals surface area contributed by atoms with Gasteiger partial charge in [-0.2, -0.15) is 0 Å². The van der Waals surface area contributed by atoms with Crippen LogP contribution in [-0.2, 0) is 11.3 Å². The standard InChI is InChI=1S/C14H22O4/c1-6-17-9-11-8-12(15-4)14(18-7-2)13(16-5)10(11)3/h8H,6-7,9H2,1-5H3. The maximum Gasteiger partial charge on any atom is 0.203 e. The Hall–Kier alpha value is -1.42. The van der Waals surface area contributed by atoms with E-state index in [0.29, 0.717) is 37.1 Å². The van der Waals surface area contributed by atoms with Gasteiger partial charge in [0.2, 0.25) is 5.75 Å². The lowest BCUT2D eigenvalue weighted by atomic mass is 10.1. The number of benzene rings is 1. The SMILES string of the molecule is CCOCc1cc(OC)c(OCC)c(OC)c1C. The van der Waals surface area contributed by atoms with Crippen LogP contribution in [0.3, 0.4) is 0 Å². The second-order valence-corrected chi connectivity index (χ2v) is 3.80. The molecule has 0 aliphatic heterocycles. The predicted molar refractivity (Wildman–Crippen MR) is 70.8 cm³/mol. The van der Waals surface area contributed by atoms with Crippen LogP contribution in [0, 0.1) is 6.92 Å². The van der Waals surface area contributed by atoms with E-state index in [1.807, 2.05) is 26.8 Å². The van der Waals surface area contributed by atoms with Gasteiger partial charge in [-0.15, -0.1) is 0 Å². The molecule has 102 valence electrons. The summed E-state index contributed by atoms with van der Waals surface area (Å²) in [5.41, 5.74) is 2.07. The van der Waals surface area contributed by atoms with E-state index in [1.54, 1.807) is 14.2 Å². The van der Waals surface area contributed by atoms with E-state index in [-0.39, 0.29) is 0 Å². The van der Waals surface area contributed by atoms with Gasteiger partial charge in [-0.25, -0.2) is 0 Å². The van der Waals surface area contributed by atoms with Gasteiger partial charge < -0.3 is 18.9 Å². The largest absolute Gasteiger partial charge is 0.493 e. The summed E-state index contributed by atoms with van der Waals surface area (Å²) in [6.07, 6.45) is 0. The predicted octanol–water partition coefficient (Wildman–Crippen LogP) is 2.95. The smallest absolute Gasteiger partial charge is 0.203 e. The molecule has 0 heterocycles. The van der Waals surface area contributed by atoms with Crippen LogP contribution >= 0.6 is 0 Å².